The van der Waals surface area contributed by atoms with Gasteiger partial charge in [-0.25, -0.2) is 8.78 Å². The van der Waals surface area contributed by atoms with E-state index in [1.54, 1.807) is 13.0 Å². The van der Waals surface area contributed by atoms with E-state index >= 15 is 0 Å². The quantitative estimate of drug-likeness (QED) is 0.805. The molecule has 0 aromatic heterocycles. The smallest absolute Gasteiger partial charge is 0.260 e. The molecule has 5 nitrogen and oxygen atoms in total. The molecule has 144 valence electrons. The number of benzene rings is 2. The Hall–Kier alpha value is -2.96. The van der Waals surface area contributed by atoms with Gasteiger partial charge in [0.15, 0.2) is 6.61 Å². The minimum atomic E-state index is -0.879. The van der Waals surface area contributed by atoms with Crippen LogP contribution in [-0.2, 0) is 9.59 Å². The normalized spacial score (nSPS) is 10.4. The molecule has 2 rings (SSSR count). The van der Waals surface area contributed by atoms with Crippen LogP contribution in [0.4, 0.5) is 14.5 Å². The Morgan fingerprint density at radius 3 is 2.33 bits per heavy atom. The summed E-state index contributed by atoms with van der Waals surface area (Å²) < 4.78 is 32.8. The SMILES string of the molecule is CCN(CC(=O)Nc1c(F)cccc1F)C(=O)COc1cccc(C)c1C. The predicted molar refractivity (Wildman–Crippen MR) is 98.7 cm³/mol. The standard InChI is InChI=1S/C20H22F2N2O3/c1-4-24(11-18(25)23-20-15(21)8-6-9-16(20)22)19(26)12-27-17-10-5-7-13(2)14(17)3/h5-10H,4,11-12H2,1-3H3,(H,23,25). The van der Waals surface area contributed by atoms with E-state index in [2.05, 4.69) is 5.32 Å². The van der Waals surface area contributed by atoms with Crippen molar-refractivity contribution in [1.82, 2.24) is 4.90 Å². The van der Waals surface area contributed by atoms with E-state index in [-0.39, 0.29) is 19.7 Å². The summed E-state index contributed by atoms with van der Waals surface area (Å²) in [5.41, 5.74) is 1.44. The third-order valence-corrected chi connectivity index (χ3v) is 4.20. The molecule has 0 saturated carbocycles. The molecule has 0 heterocycles. The first-order valence-electron chi connectivity index (χ1n) is 8.54. The number of carbonyl (C=O) groups is 2. The molecule has 7 heteroatoms. The van der Waals surface area contributed by atoms with Crippen LogP contribution in [0.1, 0.15) is 18.1 Å². The highest BCUT2D eigenvalue weighted by atomic mass is 19.1. The summed E-state index contributed by atoms with van der Waals surface area (Å²) in [6.45, 7) is 5.21. The molecule has 2 aromatic carbocycles. The zero-order chi connectivity index (χ0) is 20.0. The van der Waals surface area contributed by atoms with Crippen LogP contribution in [0.3, 0.4) is 0 Å². The van der Waals surface area contributed by atoms with E-state index in [1.807, 2.05) is 26.0 Å². The van der Waals surface area contributed by atoms with Crippen molar-refractivity contribution in [1.29, 1.82) is 0 Å². The Labute approximate surface area is 156 Å². The van der Waals surface area contributed by atoms with Gasteiger partial charge in [0.05, 0.1) is 6.54 Å². The average molecular weight is 376 g/mol. The molecule has 0 aliphatic carbocycles. The lowest BCUT2D eigenvalue weighted by atomic mass is 10.1. The maximum Gasteiger partial charge on any atom is 0.260 e. The van der Waals surface area contributed by atoms with Gasteiger partial charge in [-0.05, 0) is 50.1 Å². The Morgan fingerprint density at radius 2 is 1.70 bits per heavy atom. The van der Waals surface area contributed by atoms with Gasteiger partial charge >= 0.3 is 0 Å². The van der Waals surface area contributed by atoms with Gasteiger partial charge in [-0.15, -0.1) is 0 Å². The lowest BCUT2D eigenvalue weighted by Crippen LogP contribution is -2.40. The third-order valence-electron chi connectivity index (χ3n) is 4.20. The minimum absolute atomic E-state index is 0.237. The van der Waals surface area contributed by atoms with Crippen LogP contribution >= 0.6 is 0 Å². The average Bonchev–Trinajstić information content (AvgIpc) is 2.64. The highest BCUT2D eigenvalue weighted by Gasteiger charge is 2.19. The molecule has 0 fully saturated rings. The number of rotatable bonds is 7. The van der Waals surface area contributed by atoms with E-state index < -0.39 is 29.1 Å². The maximum absolute atomic E-state index is 13.6. The highest BCUT2D eigenvalue weighted by molar-refractivity contribution is 5.94. The van der Waals surface area contributed by atoms with Crippen molar-refractivity contribution < 1.29 is 23.1 Å². The highest BCUT2D eigenvalue weighted by Crippen LogP contribution is 2.20. The van der Waals surface area contributed by atoms with Crippen molar-refractivity contribution in [2.45, 2.75) is 20.8 Å². The molecule has 1 N–H and O–H groups in total. The number of para-hydroxylation sites is 1. The number of ether oxygens (including phenoxy) is 1. The topological polar surface area (TPSA) is 58.6 Å². The first-order chi connectivity index (χ1) is 12.8. The third kappa shape index (κ3) is 5.26. The van der Waals surface area contributed by atoms with E-state index in [9.17, 15) is 18.4 Å². The van der Waals surface area contributed by atoms with Gasteiger partial charge in [-0.1, -0.05) is 18.2 Å². The maximum atomic E-state index is 13.6. The largest absolute Gasteiger partial charge is 0.483 e. The molecule has 0 bridgehead atoms. The van der Waals surface area contributed by atoms with Crippen molar-refractivity contribution in [3.05, 3.63) is 59.2 Å². The molecule has 0 radical (unpaired) electrons. The zero-order valence-electron chi connectivity index (χ0n) is 15.5. The number of anilines is 1. The molecule has 0 atom stereocenters. The summed E-state index contributed by atoms with van der Waals surface area (Å²) in [5, 5.41) is 2.16. The van der Waals surface area contributed by atoms with Crippen molar-refractivity contribution in [3.8, 4) is 5.75 Å². The number of likely N-dealkylation sites (N-methyl/N-ethyl adjacent to an activating group) is 1. The zero-order valence-corrected chi connectivity index (χ0v) is 15.5. The van der Waals surface area contributed by atoms with Crippen LogP contribution in [0.15, 0.2) is 36.4 Å². The Balaban J connectivity index is 1.96. The van der Waals surface area contributed by atoms with Gasteiger partial charge in [-0.2, -0.15) is 0 Å². The molecule has 0 aliphatic rings. The number of hydrogen-bond acceptors (Lipinski definition) is 3. The minimum Gasteiger partial charge on any atom is -0.483 e. The summed E-state index contributed by atoms with van der Waals surface area (Å²) in [5.74, 6) is -2.26. The molecule has 0 unspecified atom stereocenters. The second-order valence-corrected chi connectivity index (χ2v) is 6.04. The molecule has 27 heavy (non-hydrogen) atoms. The fourth-order valence-electron chi connectivity index (χ4n) is 2.46. The van der Waals surface area contributed by atoms with Gasteiger partial charge in [0.1, 0.15) is 23.1 Å². The molecular weight excluding hydrogens is 354 g/mol. The summed E-state index contributed by atoms with van der Waals surface area (Å²) in [4.78, 5) is 25.7. The van der Waals surface area contributed by atoms with Crippen LogP contribution in [0.2, 0.25) is 0 Å². The Bertz CT molecular complexity index is 820. The van der Waals surface area contributed by atoms with Crippen LogP contribution in [0.5, 0.6) is 5.75 Å². The molecule has 0 aliphatic heterocycles. The second kappa shape index (κ2) is 9.12. The number of aryl methyl sites for hydroxylation is 1. The van der Waals surface area contributed by atoms with Crippen LogP contribution < -0.4 is 10.1 Å². The number of carbonyl (C=O) groups excluding carboxylic acids is 2. The predicted octanol–water partition coefficient (Wildman–Crippen LogP) is 3.45. The summed E-state index contributed by atoms with van der Waals surface area (Å²) in [6, 6.07) is 8.82. The number of nitrogens with zero attached hydrogens (tertiary/aromatic N) is 1. The Kier molecular flexibility index (Phi) is 6.87. The lowest BCUT2D eigenvalue weighted by molar-refractivity contribution is -0.136. The van der Waals surface area contributed by atoms with Crippen molar-refractivity contribution in [3.63, 3.8) is 0 Å². The second-order valence-electron chi connectivity index (χ2n) is 6.04. The van der Waals surface area contributed by atoms with Gasteiger partial charge in [0.25, 0.3) is 5.91 Å². The Morgan fingerprint density at radius 1 is 1.07 bits per heavy atom. The molecule has 2 aromatic rings. The van der Waals surface area contributed by atoms with E-state index in [0.717, 1.165) is 23.3 Å². The van der Waals surface area contributed by atoms with Crippen molar-refractivity contribution >= 4 is 17.5 Å². The van der Waals surface area contributed by atoms with E-state index in [4.69, 9.17) is 4.74 Å². The van der Waals surface area contributed by atoms with Crippen LogP contribution in [0.25, 0.3) is 0 Å². The first-order valence-corrected chi connectivity index (χ1v) is 8.54. The number of hydrogen-bond donors (Lipinski definition) is 1. The van der Waals surface area contributed by atoms with Gasteiger partial charge in [0.2, 0.25) is 5.91 Å². The summed E-state index contributed by atoms with van der Waals surface area (Å²) in [6.07, 6.45) is 0. The molecule has 0 spiro atoms. The van der Waals surface area contributed by atoms with Crippen LogP contribution in [0, 0.1) is 25.5 Å². The van der Waals surface area contributed by atoms with E-state index in [1.165, 1.54) is 11.0 Å². The van der Waals surface area contributed by atoms with Crippen molar-refractivity contribution in [2.75, 3.05) is 25.0 Å². The van der Waals surface area contributed by atoms with Crippen molar-refractivity contribution in [2.24, 2.45) is 0 Å². The number of nitrogens with one attached hydrogen (secondary N) is 1. The van der Waals surface area contributed by atoms with Gasteiger partial charge < -0.3 is 15.0 Å². The summed E-state index contributed by atoms with van der Waals surface area (Å²) in [7, 11) is 0. The van der Waals surface area contributed by atoms with Crippen LogP contribution in [-0.4, -0.2) is 36.4 Å². The summed E-state index contributed by atoms with van der Waals surface area (Å²) >= 11 is 0. The number of halogens is 2. The molecule has 0 saturated heterocycles. The van der Waals surface area contributed by atoms with Gasteiger partial charge in [-0.3, -0.25) is 9.59 Å². The fraction of sp³-hybridized carbons (Fsp3) is 0.300. The lowest BCUT2D eigenvalue weighted by Gasteiger charge is -2.21. The van der Waals surface area contributed by atoms with Gasteiger partial charge in [0, 0.05) is 6.54 Å². The van der Waals surface area contributed by atoms with E-state index in [0.29, 0.717) is 5.75 Å². The molecule has 2 amide bonds. The fourth-order valence-corrected chi connectivity index (χ4v) is 2.46. The first kappa shape index (κ1) is 20.4. The number of amides is 2. The molecular formula is C20H22F2N2O3. The monoisotopic (exact) mass is 376 g/mol.